The maximum atomic E-state index is 12.1. The molecule has 0 aromatic heterocycles. The third-order valence-electron chi connectivity index (χ3n) is 3.04. The fraction of sp³-hybridized carbons (Fsp3) is 0.818. The molecule has 4 nitrogen and oxygen atoms in total. The minimum Gasteiger partial charge on any atom is -0.341 e. The van der Waals surface area contributed by atoms with Crippen LogP contribution in [-0.4, -0.2) is 47.8 Å². The Morgan fingerprint density at radius 1 is 1.40 bits per heavy atom. The van der Waals surface area contributed by atoms with Crippen molar-refractivity contribution in [1.29, 1.82) is 0 Å². The van der Waals surface area contributed by atoms with Crippen molar-refractivity contribution in [2.24, 2.45) is 0 Å². The Morgan fingerprint density at radius 2 is 2.07 bits per heavy atom. The molecule has 4 heteroatoms. The summed E-state index contributed by atoms with van der Waals surface area (Å²) in [5.41, 5.74) is 0. The van der Waals surface area contributed by atoms with Crippen LogP contribution >= 0.6 is 0 Å². The first-order valence-corrected chi connectivity index (χ1v) is 5.74. The van der Waals surface area contributed by atoms with Gasteiger partial charge in [0, 0.05) is 19.6 Å². The van der Waals surface area contributed by atoms with Crippen molar-refractivity contribution in [3.05, 3.63) is 0 Å². The van der Waals surface area contributed by atoms with Crippen LogP contribution in [0.4, 0.5) is 0 Å². The van der Waals surface area contributed by atoms with Gasteiger partial charge in [0.2, 0.25) is 12.3 Å². The van der Waals surface area contributed by atoms with E-state index in [9.17, 15) is 9.59 Å². The zero-order chi connectivity index (χ0) is 11.3. The molecule has 1 saturated heterocycles. The Bertz CT molecular complexity index is 227. The molecule has 1 heterocycles. The van der Waals surface area contributed by atoms with E-state index in [0.717, 1.165) is 45.3 Å². The second-order valence-electron chi connectivity index (χ2n) is 3.87. The normalized spacial score (nSPS) is 21.2. The van der Waals surface area contributed by atoms with Crippen molar-refractivity contribution < 1.29 is 9.59 Å². The standard InChI is InChI=1S/C11H20N2O2/c1-3-12(4-2)11(15)10-7-5-6-8-13(10)9-14/h9-10H,3-8H2,1-2H3. The minimum atomic E-state index is -0.212. The summed E-state index contributed by atoms with van der Waals surface area (Å²) < 4.78 is 0. The fourth-order valence-corrected chi connectivity index (χ4v) is 2.09. The highest BCUT2D eigenvalue weighted by atomic mass is 16.2. The highest BCUT2D eigenvalue weighted by molar-refractivity contribution is 5.83. The highest BCUT2D eigenvalue weighted by Gasteiger charge is 2.29. The lowest BCUT2D eigenvalue weighted by molar-refractivity contribution is -0.142. The minimum absolute atomic E-state index is 0.104. The summed E-state index contributed by atoms with van der Waals surface area (Å²) in [4.78, 5) is 26.3. The second-order valence-corrected chi connectivity index (χ2v) is 3.87. The fourth-order valence-electron chi connectivity index (χ4n) is 2.09. The van der Waals surface area contributed by atoms with Gasteiger partial charge in [-0.25, -0.2) is 0 Å². The lowest BCUT2D eigenvalue weighted by Gasteiger charge is -2.34. The van der Waals surface area contributed by atoms with Crippen LogP contribution in [0.3, 0.4) is 0 Å². The summed E-state index contributed by atoms with van der Waals surface area (Å²) in [6.07, 6.45) is 3.68. The van der Waals surface area contributed by atoms with Crippen LogP contribution in [0.2, 0.25) is 0 Å². The van der Waals surface area contributed by atoms with Crippen molar-refractivity contribution >= 4 is 12.3 Å². The van der Waals surface area contributed by atoms with Crippen molar-refractivity contribution in [3.63, 3.8) is 0 Å². The predicted molar refractivity (Wildman–Crippen MR) is 58.3 cm³/mol. The van der Waals surface area contributed by atoms with E-state index in [0.29, 0.717) is 0 Å². The average molecular weight is 212 g/mol. The maximum Gasteiger partial charge on any atom is 0.245 e. The number of likely N-dealkylation sites (tertiary alicyclic amines) is 1. The molecule has 0 aliphatic carbocycles. The quantitative estimate of drug-likeness (QED) is 0.649. The molecule has 1 aliphatic heterocycles. The zero-order valence-electron chi connectivity index (χ0n) is 9.61. The van der Waals surface area contributed by atoms with E-state index in [1.807, 2.05) is 13.8 Å². The third kappa shape index (κ3) is 2.70. The molecule has 1 rings (SSSR count). The molecule has 0 spiro atoms. The van der Waals surface area contributed by atoms with Crippen LogP contribution in [0.1, 0.15) is 33.1 Å². The first-order chi connectivity index (χ1) is 7.24. The molecule has 1 unspecified atom stereocenters. The van der Waals surface area contributed by atoms with Crippen molar-refractivity contribution in [2.75, 3.05) is 19.6 Å². The van der Waals surface area contributed by atoms with Crippen LogP contribution in [0.25, 0.3) is 0 Å². The molecular weight excluding hydrogens is 192 g/mol. The van der Waals surface area contributed by atoms with Crippen molar-refractivity contribution in [1.82, 2.24) is 9.80 Å². The van der Waals surface area contributed by atoms with Gasteiger partial charge in [0.25, 0.3) is 0 Å². The van der Waals surface area contributed by atoms with Gasteiger partial charge in [-0.05, 0) is 33.1 Å². The smallest absolute Gasteiger partial charge is 0.245 e. The summed E-state index contributed by atoms with van der Waals surface area (Å²) in [7, 11) is 0. The molecule has 0 bridgehead atoms. The Morgan fingerprint density at radius 3 is 2.60 bits per heavy atom. The summed E-state index contributed by atoms with van der Waals surface area (Å²) >= 11 is 0. The van der Waals surface area contributed by atoms with E-state index in [1.54, 1.807) is 9.80 Å². The number of nitrogens with zero attached hydrogens (tertiary/aromatic N) is 2. The van der Waals surface area contributed by atoms with Crippen LogP contribution in [0, 0.1) is 0 Å². The average Bonchev–Trinajstić information content (AvgIpc) is 2.30. The van der Waals surface area contributed by atoms with Gasteiger partial charge < -0.3 is 9.80 Å². The molecule has 1 aliphatic rings. The van der Waals surface area contributed by atoms with Gasteiger partial charge in [0.1, 0.15) is 6.04 Å². The molecular formula is C11H20N2O2. The summed E-state index contributed by atoms with van der Waals surface area (Å²) in [6, 6.07) is -0.212. The van der Waals surface area contributed by atoms with E-state index in [1.165, 1.54) is 0 Å². The molecule has 1 atom stereocenters. The summed E-state index contributed by atoms with van der Waals surface area (Å²) in [6.45, 7) is 6.10. The Labute approximate surface area is 91.2 Å². The molecule has 0 aromatic rings. The topological polar surface area (TPSA) is 40.6 Å². The Kier molecular flexibility index (Phi) is 4.59. The van der Waals surface area contributed by atoms with Gasteiger partial charge in [-0.3, -0.25) is 9.59 Å². The van der Waals surface area contributed by atoms with E-state index in [-0.39, 0.29) is 11.9 Å². The molecule has 15 heavy (non-hydrogen) atoms. The molecule has 1 fully saturated rings. The lowest BCUT2D eigenvalue weighted by Crippen LogP contribution is -2.50. The van der Waals surface area contributed by atoms with E-state index >= 15 is 0 Å². The predicted octanol–water partition coefficient (Wildman–Crippen LogP) is 0.866. The monoisotopic (exact) mass is 212 g/mol. The second kappa shape index (κ2) is 5.73. The SMILES string of the molecule is CCN(CC)C(=O)C1CCCCN1C=O. The molecule has 0 radical (unpaired) electrons. The summed E-state index contributed by atoms with van der Waals surface area (Å²) in [5.74, 6) is 0.104. The molecule has 0 saturated carbocycles. The summed E-state index contributed by atoms with van der Waals surface area (Å²) in [5, 5.41) is 0. The number of amides is 2. The van der Waals surface area contributed by atoms with Crippen LogP contribution < -0.4 is 0 Å². The number of carbonyl (C=O) groups is 2. The van der Waals surface area contributed by atoms with E-state index < -0.39 is 0 Å². The van der Waals surface area contributed by atoms with Gasteiger partial charge in [-0.2, -0.15) is 0 Å². The lowest BCUT2D eigenvalue weighted by atomic mass is 10.0. The zero-order valence-corrected chi connectivity index (χ0v) is 9.61. The Hall–Kier alpha value is -1.06. The number of hydrogen-bond acceptors (Lipinski definition) is 2. The number of likely N-dealkylation sites (N-methyl/N-ethyl adjacent to an activating group) is 1. The van der Waals surface area contributed by atoms with Crippen LogP contribution in [0.5, 0.6) is 0 Å². The van der Waals surface area contributed by atoms with Crippen LogP contribution in [0.15, 0.2) is 0 Å². The largest absolute Gasteiger partial charge is 0.341 e. The van der Waals surface area contributed by atoms with Gasteiger partial charge in [0.15, 0.2) is 0 Å². The highest BCUT2D eigenvalue weighted by Crippen LogP contribution is 2.17. The number of carbonyl (C=O) groups excluding carboxylic acids is 2. The van der Waals surface area contributed by atoms with E-state index in [2.05, 4.69) is 0 Å². The third-order valence-corrected chi connectivity index (χ3v) is 3.04. The number of hydrogen-bond donors (Lipinski definition) is 0. The number of rotatable bonds is 4. The van der Waals surface area contributed by atoms with Gasteiger partial charge in [0.05, 0.1) is 0 Å². The molecule has 0 N–H and O–H groups in total. The molecule has 2 amide bonds. The van der Waals surface area contributed by atoms with Gasteiger partial charge in [-0.1, -0.05) is 0 Å². The first kappa shape index (κ1) is 12.0. The Balaban J connectivity index is 2.66. The van der Waals surface area contributed by atoms with E-state index in [4.69, 9.17) is 0 Å². The maximum absolute atomic E-state index is 12.1. The van der Waals surface area contributed by atoms with Crippen molar-refractivity contribution in [2.45, 2.75) is 39.2 Å². The van der Waals surface area contributed by atoms with Gasteiger partial charge in [-0.15, -0.1) is 0 Å². The van der Waals surface area contributed by atoms with Crippen LogP contribution in [-0.2, 0) is 9.59 Å². The molecule has 0 aromatic carbocycles. The van der Waals surface area contributed by atoms with Crippen molar-refractivity contribution in [3.8, 4) is 0 Å². The first-order valence-electron chi connectivity index (χ1n) is 5.74. The van der Waals surface area contributed by atoms with Gasteiger partial charge >= 0.3 is 0 Å². The number of piperidine rings is 1. The molecule has 86 valence electrons.